The number of aliphatic hydroxyl groups excluding tert-OH is 1. The molecule has 3 heteroatoms. The summed E-state index contributed by atoms with van der Waals surface area (Å²) in [5.41, 5.74) is 2.72. The van der Waals surface area contributed by atoms with Gasteiger partial charge in [0.15, 0.2) is 0 Å². The van der Waals surface area contributed by atoms with Crippen LogP contribution in [0.15, 0.2) is 46.9 Å². The summed E-state index contributed by atoms with van der Waals surface area (Å²) in [5, 5.41) is 11.0. The Hall–Kier alpha value is -0.830. The van der Waals surface area contributed by atoms with Crippen LogP contribution in [-0.2, 0) is 0 Å². The van der Waals surface area contributed by atoms with E-state index in [0.29, 0.717) is 5.02 Å². The van der Waals surface area contributed by atoms with Crippen molar-refractivity contribution in [3.05, 3.63) is 68.7 Å². The van der Waals surface area contributed by atoms with Crippen molar-refractivity contribution in [2.45, 2.75) is 13.0 Å². The highest BCUT2D eigenvalue weighted by Gasteiger charge is 2.13. The Morgan fingerprint density at radius 1 is 1.18 bits per heavy atom. The Kier molecular flexibility index (Phi) is 3.87. The molecule has 2 aromatic rings. The van der Waals surface area contributed by atoms with Crippen LogP contribution in [0.3, 0.4) is 0 Å². The molecule has 0 aliphatic heterocycles. The van der Waals surface area contributed by atoms with Gasteiger partial charge in [0.2, 0.25) is 0 Å². The molecule has 2 aromatic carbocycles. The summed E-state index contributed by atoms with van der Waals surface area (Å²) in [6, 6.07) is 13.2. The largest absolute Gasteiger partial charge is 0.384 e. The summed E-state index contributed by atoms with van der Waals surface area (Å²) in [7, 11) is 0. The van der Waals surface area contributed by atoms with Crippen molar-refractivity contribution in [3.63, 3.8) is 0 Å². The molecule has 1 unspecified atom stereocenters. The molecule has 1 atom stereocenters. The van der Waals surface area contributed by atoms with Crippen LogP contribution in [0, 0.1) is 6.92 Å². The van der Waals surface area contributed by atoms with Crippen molar-refractivity contribution in [2.24, 2.45) is 0 Å². The topological polar surface area (TPSA) is 20.2 Å². The third-order valence-corrected chi connectivity index (χ3v) is 3.43. The number of hydrogen-bond donors (Lipinski definition) is 1. The van der Waals surface area contributed by atoms with Crippen LogP contribution >= 0.6 is 27.5 Å². The Labute approximate surface area is 114 Å². The lowest BCUT2D eigenvalue weighted by Gasteiger charge is -2.14. The standard InChI is InChI=1S/C14H12BrClO/c1-9-5-6-12(16)8-13(9)14(17)10-3-2-4-11(15)7-10/h2-8,14,17H,1H3. The lowest BCUT2D eigenvalue weighted by Crippen LogP contribution is -2.01. The molecule has 1 nitrogen and oxygen atoms in total. The summed E-state index contributed by atoms with van der Waals surface area (Å²) in [6.07, 6.45) is -0.647. The highest BCUT2D eigenvalue weighted by atomic mass is 79.9. The molecule has 17 heavy (non-hydrogen) atoms. The van der Waals surface area contributed by atoms with Crippen molar-refractivity contribution in [1.29, 1.82) is 0 Å². The zero-order valence-corrected chi connectivity index (χ0v) is 11.7. The minimum Gasteiger partial charge on any atom is -0.384 e. The Morgan fingerprint density at radius 3 is 2.65 bits per heavy atom. The lowest BCUT2D eigenvalue weighted by molar-refractivity contribution is 0.219. The van der Waals surface area contributed by atoms with Gasteiger partial charge in [-0.15, -0.1) is 0 Å². The molecule has 0 fully saturated rings. The minimum absolute atomic E-state index is 0.639. The number of aryl methyl sites for hydroxylation is 1. The van der Waals surface area contributed by atoms with E-state index in [1.807, 2.05) is 49.4 Å². The molecule has 0 heterocycles. The lowest BCUT2D eigenvalue weighted by atomic mass is 9.98. The van der Waals surface area contributed by atoms with Gasteiger partial charge in [-0.1, -0.05) is 45.7 Å². The zero-order chi connectivity index (χ0) is 12.4. The Balaban J connectivity index is 2.43. The van der Waals surface area contributed by atoms with Crippen LogP contribution < -0.4 is 0 Å². The molecule has 0 aliphatic rings. The summed E-state index contributed by atoms with van der Waals surface area (Å²) >= 11 is 9.36. The molecule has 0 amide bonds. The average Bonchev–Trinajstić information content (AvgIpc) is 2.31. The molecule has 0 saturated heterocycles. The predicted octanol–water partition coefficient (Wildman–Crippen LogP) is 4.49. The van der Waals surface area contributed by atoms with Crippen LogP contribution in [0.5, 0.6) is 0 Å². The van der Waals surface area contributed by atoms with Gasteiger partial charge >= 0.3 is 0 Å². The van der Waals surface area contributed by atoms with Gasteiger partial charge in [0.05, 0.1) is 0 Å². The Bertz CT molecular complexity index is 539. The second kappa shape index (κ2) is 5.21. The maximum Gasteiger partial charge on any atom is 0.104 e. The molecule has 0 radical (unpaired) electrons. The van der Waals surface area contributed by atoms with Gasteiger partial charge in [-0.25, -0.2) is 0 Å². The molecule has 1 N–H and O–H groups in total. The number of aliphatic hydroxyl groups is 1. The SMILES string of the molecule is Cc1ccc(Cl)cc1C(O)c1cccc(Br)c1. The first kappa shape index (κ1) is 12.6. The zero-order valence-electron chi connectivity index (χ0n) is 9.32. The van der Waals surface area contributed by atoms with Crippen LogP contribution in [0.25, 0.3) is 0 Å². The van der Waals surface area contributed by atoms with Crippen molar-refractivity contribution >= 4 is 27.5 Å². The van der Waals surface area contributed by atoms with Crippen LogP contribution in [0.1, 0.15) is 22.8 Å². The monoisotopic (exact) mass is 310 g/mol. The van der Waals surface area contributed by atoms with Crippen LogP contribution in [0.4, 0.5) is 0 Å². The van der Waals surface area contributed by atoms with Crippen molar-refractivity contribution in [3.8, 4) is 0 Å². The van der Waals surface area contributed by atoms with Crippen molar-refractivity contribution < 1.29 is 5.11 Å². The molecule has 88 valence electrons. The number of benzene rings is 2. The molecule has 0 aromatic heterocycles. The van der Waals surface area contributed by atoms with Crippen molar-refractivity contribution in [1.82, 2.24) is 0 Å². The number of rotatable bonds is 2. The third kappa shape index (κ3) is 2.89. The highest BCUT2D eigenvalue weighted by molar-refractivity contribution is 9.10. The van der Waals surface area contributed by atoms with E-state index in [2.05, 4.69) is 15.9 Å². The molecular weight excluding hydrogens is 300 g/mol. The van der Waals surface area contributed by atoms with Gasteiger partial charge in [0.25, 0.3) is 0 Å². The maximum absolute atomic E-state index is 10.3. The average molecular weight is 312 g/mol. The second-order valence-corrected chi connectivity index (χ2v) is 5.31. The summed E-state index contributed by atoms with van der Waals surface area (Å²) in [5.74, 6) is 0. The fraction of sp³-hybridized carbons (Fsp3) is 0.143. The van der Waals surface area contributed by atoms with E-state index in [9.17, 15) is 5.11 Å². The minimum atomic E-state index is -0.647. The first-order valence-electron chi connectivity index (χ1n) is 5.27. The summed E-state index contributed by atoms with van der Waals surface area (Å²) in [4.78, 5) is 0. The first-order valence-corrected chi connectivity index (χ1v) is 6.44. The second-order valence-electron chi connectivity index (χ2n) is 3.96. The fourth-order valence-corrected chi connectivity index (χ4v) is 2.36. The Morgan fingerprint density at radius 2 is 1.94 bits per heavy atom. The van der Waals surface area contributed by atoms with Gasteiger partial charge in [-0.2, -0.15) is 0 Å². The highest BCUT2D eigenvalue weighted by Crippen LogP contribution is 2.28. The number of halogens is 2. The molecular formula is C14H12BrClO. The van der Waals surface area contributed by atoms with E-state index in [1.165, 1.54) is 0 Å². The third-order valence-electron chi connectivity index (χ3n) is 2.70. The van der Waals surface area contributed by atoms with Gasteiger partial charge in [-0.3, -0.25) is 0 Å². The normalized spacial score (nSPS) is 12.5. The molecule has 2 rings (SSSR count). The summed E-state index contributed by atoms with van der Waals surface area (Å²) in [6.45, 7) is 1.97. The van der Waals surface area contributed by atoms with E-state index in [4.69, 9.17) is 11.6 Å². The fourth-order valence-electron chi connectivity index (χ4n) is 1.76. The van der Waals surface area contributed by atoms with Gasteiger partial charge < -0.3 is 5.11 Å². The summed E-state index contributed by atoms with van der Waals surface area (Å²) < 4.78 is 0.953. The number of hydrogen-bond acceptors (Lipinski definition) is 1. The maximum atomic E-state index is 10.3. The van der Waals surface area contributed by atoms with Crippen LogP contribution in [0.2, 0.25) is 5.02 Å². The van der Waals surface area contributed by atoms with E-state index in [0.717, 1.165) is 21.2 Å². The van der Waals surface area contributed by atoms with Crippen molar-refractivity contribution in [2.75, 3.05) is 0 Å². The van der Waals surface area contributed by atoms with Gasteiger partial charge in [0.1, 0.15) is 6.10 Å². The molecule has 0 aliphatic carbocycles. The molecule has 0 spiro atoms. The van der Waals surface area contributed by atoms with E-state index in [1.54, 1.807) is 0 Å². The molecule has 0 bridgehead atoms. The van der Waals surface area contributed by atoms with Gasteiger partial charge in [0, 0.05) is 9.50 Å². The predicted molar refractivity (Wildman–Crippen MR) is 74.4 cm³/mol. The first-order chi connectivity index (χ1) is 8.08. The van der Waals surface area contributed by atoms with Crippen LogP contribution in [-0.4, -0.2) is 5.11 Å². The quantitative estimate of drug-likeness (QED) is 0.866. The smallest absolute Gasteiger partial charge is 0.104 e. The van der Waals surface area contributed by atoms with E-state index < -0.39 is 6.10 Å². The molecule has 0 saturated carbocycles. The van der Waals surface area contributed by atoms with E-state index >= 15 is 0 Å². The van der Waals surface area contributed by atoms with E-state index in [-0.39, 0.29) is 0 Å². The van der Waals surface area contributed by atoms with Gasteiger partial charge in [-0.05, 0) is 47.9 Å².